The second-order valence-electron chi connectivity index (χ2n) is 7.00. The summed E-state index contributed by atoms with van der Waals surface area (Å²) in [5, 5.41) is 0. The first-order chi connectivity index (χ1) is 8.17. The molecule has 3 aliphatic rings. The van der Waals surface area contributed by atoms with Gasteiger partial charge < -0.3 is 5.73 Å². The van der Waals surface area contributed by atoms with Crippen LogP contribution in [0.25, 0.3) is 0 Å². The Morgan fingerprint density at radius 3 is 2.41 bits per heavy atom. The van der Waals surface area contributed by atoms with Crippen LogP contribution in [0.3, 0.4) is 0 Å². The lowest BCUT2D eigenvalue weighted by atomic mass is 9.92. The summed E-state index contributed by atoms with van der Waals surface area (Å²) in [5.74, 6) is 1.81. The molecule has 17 heavy (non-hydrogen) atoms. The maximum Gasteiger partial charge on any atom is 0.0283 e. The van der Waals surface area contributed by atoms with Gasteiger partial charge in [0.25, 0.3) is 0 Å². The van der Waals surface area contributed by atoms with Gasteiger partial charge in [-0.05, 0) is 63.8 Å². The van der Waals surface area contributed by atoms with Gasteiger partial charge in [0.15, 0.2) is 0 Å². The van der Waals surface area contributed by atoms with Gasteiger partial charge >= 0.3 is 0 Å². The van der Waals surface area contributed by atoms with Gasteiger partial charge in [-0.25, -0.2) is 0 Å². The molecular weight excluding hydrogens is 208 g/mol. The third-order valence-corrected chi connectivity index (χ3v) is 5.41. The van der Waals surface area contributed by atoms with E-state index in [-0.39, 0.29) is 5.54 Å². The van der Waals surface area contributed by atoms with Crippen molar-refractivity contribution in [2.24, 2.45) is 17.6 Å². The van der Waals surface area contributed by atoms with Crippen LogP contribution in [-0.4, -0.2) is 29.6 Å². The van der Waals surface area contributed by atoms with E-state index in [0.29, 0.717) is 0 Å². The van der Waals surface area contributed by atoms with E-state index in [1.807, 2.05) is 0 Å². The molecule has 0 aromatic rings. The summed E-state index contributed by atoms with van der Waals surface area (Å²) in [6.45, 7) is 4.74. The lowest BCUT2D eigenvalue weighted by Crippen LogP contribution is -2.51. The minimum Gasteiger partial charge on any atom is -0.324 e. The van der Waals surface area contributed by atoms with Gasteiger partial charge in [-0.3, -0.25) is 4.90 Å². The Morgan fingerprint density at radius 1 is 1.06 bits per heavy atom. The molecule has 2 aliphatic carbocycles. The summed E-state index contributed by atoms with van der Waals surface area (Å²) in [5.41, 5.74) is 6.61. The maximum absolute atomic E-state index is 6.52. The number of hydrogen-bond donors (Lipinski definition) is 1. The van der Waals surface area contributed by atoms with Crippen LogP contribution in [0.5, 0.6) is 0 Å². The highest BCUT2D eigenvalue weighted by Crippen LogP contribution is 2.41. The number of likely N-dealkylation sites (tertiary alicyclic amines) is 1. The van der Waals surface area contributed by atoms with Crippen molar-refractivity contribution in [1.29, 1.82) is 0 Å². The summed E-state index contributed by atoms with van der Waals surface area (Å²) < 4.78 is 0. The third kappa shape index (κ3) is 2.53. The fraction of sp³-hybridized carbons (Fsp3) is 1.00. The number of nitrogens with two attached hydrogens (primary N) is 1. The molecule has 2 heteroatoms. The van der Waals surface area contributed by atoms with Crippen LogP contribution in [0.15, 0.2) is 0 Å². The quantitative estimate of drug-likeness (QED) is 0.813. The molecule has 0 spiro atoms. The van der Waals surface area contributed by atoms with Crippen molar-refractivity contribution in [3.63, 3.8) is 0 Å². The molecule has 0 aromatic heterocycles. The molecule has 98 valence electrons. The van der Waals surface area contributed by atoms with Crippen molar-refractivity contribution in [2.45, 2.75) is 69.9 Å². The molecule has 0 aromatic carbocycles. The highest BCUT2D eigenvalue weighted by molar-refractivity contribution is 5.00. The largest absolute Gasteiger partial charge is 0.324 e. The van der Waals surface area contributed by atoms with E-state index < -0.39 is 0 Å². The average molecular weight is 236 g/mol. The smallest absolute Gasteiger partial charge is 0.0283 e. The maximum atomic E-state index is 6.52. The Balaban J connectivity index is 1.61. The van der Waals surface area contributed by atoms with Crippen molar-refractivity contribution in [1.82, 2.24) is 4.90 Å². The van der Waals surface area contributed by atoms with Crippen LogP contribution in [0.4, 0.5) is 0 Å². The SMILES string of the molecule is CC(N)(CN1CCCC1C1CCCC1)C1CC1. The fourth-order valence-electron chi connectivity index (χ4n) is 4.23. The Hall–Kier alpha value is -0.0800. The molecule has 0 bridgehead atoms. The van der Waals surface area contributed by atoms with Gasteiger partial charge in [0, 0.05) is 18.1 Å². The molecule has 1 heterocycles. The molecule has 3 rings (SSSR count). The van der Waals surface area contributed by atoms with Crippen LogP contribution in [0.2, 0.25) is 0 Å². The summed E-state index contributed by atoms with van der Waals surface area (Å²) >= 11 is 0. The first-order valence-electron chi connectivity index (χ1n) is 7.70. The molecule has 0 radical (unpaired) electrons. The van der Waals surface area contributed by atoms with Crippen molar-refractivity contribution >= 4 is 0 Å². The molecule has 1 saturated heterocycles. The summed E-state index contributed by atoms with van der Waals surface area (Å²) in [6, 6.07) is 0.874. The summed E-state index contributed by atoms with van der Waals surface area (Å²) in [4.78, 5) is 2.74. The second-order valence-corrected chi connectivity index (χ2v) is 7.00. The summed E-state index contributed by atoms with van der Waals surface area (Å²) in [7, 11) is 0. The van der Waals surface area contributed by atoms with Crippen molar-refractivity contribution in [3.8, 4) is 0 Å². The van der Waals surface area contributed by atoms with Crippen molar-refractivity contribution in [3.05, 3.63) is 0 Å². The zero-order valence-electron chi connectivity index (χ0n) is 11.3. The Labute approximate surface area is 106 Å². The molecule has 3 fully saturated rings. The molecule has 2 saturated carbocycles. The first kappa shape index (κ1) is 12.0. The molecule has 2 atom stereocenters. The normalized spacial score (nSPS) is 35.3. The highest BCUT2D eigenvalue weighted by atomic mass is 15.2. The first-order valence-corrected chi connectivity index (χ1v) is 7.70. The number of hydrogen-bond acceptors (Lipinski definition) is 2. The van der Waals surface area contributed by atoms with E-state index in [1.54, 1.807) is 0 Å². The van der Waals surface area contributed by atoms with Crippen molar-refractivity contribution < 1.29 is 0 Å². The second kappa shape index (κ2) is 4.55. The fourth-order valence-corrected chi connectivity index (χ4v) is 4.23. The van der Waals surface area contributed by atoms with E-state index in [4.69, 9.17) is 5.73 Å². The minimum atomic E-state index is 0.0845. The molecule has 2 N–H and O–H groups in total. The Kier molecular flexibility index (Phi) is 3.20. The Bertz CT molecular complexity index is 264. The molecule has 0 amide bonds. The highest BCUT2D eigenvalue weighted by Gasteiger charge is 2.42. The van der Waals surface area contributed by atoms with E-state index >= 15 is 0 Å². The molecule has 2 nitrogen and oxygen atoms in total. The minimum absolute atomic E-state index is 0.0845. The van der Waals surface area contributed by atoms with Gasteiger partial charge in [0.05, 0.1) is 0 Å². The monoisotopic (exact) mass is 236 g/mol. The zero-order chi connectivity index (χ0) is 11.9. The van der Waals surface area contributed by atoms with Crippen LogP contribution < -0.4 is 5.73 Å². The lowest BCUT2D eigenvalue weighted by Gasteiger charge is -2.36. The van der Waals surface area contributed by atoms with E-state index in [1.165, 1.54) is 57.9 Å². The van der Waals surface area contributed by atoms with Crippen LogP contribution >= 0.6 is 0 Å². The van der Waals surface area contributed by atoms with Crippen LogP contribution in [0, 0.1) is 11.8 Å². The van der Waals surface area contributed by atoms with Gasteiger partial charge in [-0.15, -0.1) is 0 Å². The standard InChI is InChI=1S/C15H28N2/c1-15(16,13-8-9-13)11-17-10-4-7-14(17)12-5-2-3-6-12/h12-14H,2-11,16H2,1H3. The Morgan fingerprint density at radius 2 is 1.76 bits per heavy atom. The lowest BCUT2D eigenvalue weighted by molar-refractivity contribution is 0.148. The van der Waals surface area contributed by atoms with Crippen LogP contribution in [-0.2, 0) is 0 Å². The van der Waals surface area contributed by atoms with E-state index in [0.717, 1.165) is 24.4 Å². The van der Waals surface area contributed by atoms with E-state index in [2.05, 4.69) is 11.8 Å². The average Bonchev–Trinajstić information content (AvgIpc) is 2.85. The summed E-state index contributed by atoms with van der Waals surface area (Å²) in [6.07, 6.45) is 11.5. The van der Waals surface area contributed by atoms with Crippen molar-refractivity contribution in [2.75, 3.05) is 13.1 Å². The zero-order valence-corrected chi connectivity index (χ0v) is 11.3. The van der Waals surface area contributed by atoms with Gasteiger partial charge in [0.1, 0.15) is 0 Å². The van der Waals surface area contributed by atoms with Gasteiger partial charge in [-0.2, -0.15) is 0 Å². The van der Waals surface area contributed by atoms with E-state index in [9.17, 15) is 0 Å². The molecular formula is C15H28N2. The molecule has 2 unspecified atom stereocenters. The third-order valence-electron chi connectivity index (χ3n) is 5.41. The molecule has 1 aliphatic heterocycles. The van der Waals surface area contributed by atoms with Gasteiger partial charge in [0.2, 0.25) is 0 Å². The topological polar surface area (TPSA) is 29.3 Å². The number of nitrogens with zero attached hydrogens (tertiary/aromatic N) is 1. The van der Waals surface area contributed by atoms with Crippen LogP contribution in [0.1, 0.15) is 58.3 Å². The van der Waals surface area contributed by atoms with Gasteiger partial charge in [-0.1, -0.05) is 12.8 Å². The predicted molar refractivity (Wildman–Crippen MR) is 71.9 cm³/mol. The number of rotatable bonds is 4. The predicted octanol–water partition coefficient (Wildman–Crippen LogP) is 2.77.